The van der Waals surface area contributed by atoms with Gasteiger partial charge in [-0.15, -0.1) is 0 Å². The number of aromatic nitrogens is 4. The quantitative estimate of drug-likeness (QED) is 0.0720. The van der Waals surface area contributed by atoms with Crippen LogP contribution in [-0.2, 0) is 21.8 Å². The van der Waals surface area contributed by atoms with Gasteiger partial charge in [0.15, 0.2) is 0 Å². The molecule has 4 aromatic rings. The smallest absolute Gasteiger partial charge is 0.374 e. The van der Waals surface area contributed by atoms with E-state index in [9.17, 15) is 26.3 Å². The van der Waals surface area contributed by atoms with Gasteiger partial charge in [-0.3, -0.25) is 9.13 Å². The average Bonchev–Trinajstić information content (AvgIpc) is 3.73. The number of halogens is 8. The summed E-state index contributed by atoms with van der Waals surface area (Å²) in [5.74, 6) is 0.618. The fourth-order valence-corrected chi connectivity index (χ4v) is 4.06. The highest BCUT2D eigenvalue weighted by Gasteiger charge is 2.35. The van der Waals surface area contributed by atoms with E-state index in [0.717, 1.165) is 25.0 Å². The van der Waals surface area contributed by atoms with E-state index in [0.29, 0.717) is 24.9 Å². The van der Waals surface area contributed by atoms with Crippen LogP contribution in [0.2, 0.25) is 10.0 Å². The van der Waals surface area contributed by atoms with Crippen molar-refractivity contribution < 1.29 is 35.8 Å². The van der Waals surface area contributed by atoms with Gasteiger partial charge in [0.2, 0.25) is 0 Å². The van der Waals surface area contributed by atoms with E-state index in [1.165, 1.54) is 58.4 Å². The van der Waals surface area contributed by atoms with Gasteiger partial charge in [0.05, 0.1) is 22.5 Å². The topological polar surface area (TPSA) is 78.8 Å². The largest absolute Gasteiger partial charge is 0.418 e. The molecule has 0 aliphatic rings. The van der Waals surface area contributed by atoms with E-state index in [-0.39, 0.29) is 34.6 Å². The van der Waals surface area contributed by atoms with Crippen molar-refractivity contribution in [3.05, 3.63) is 95.0 Å². The molecule has 0 fully saturated rings. The third-order valence-corrected chi connectivity index (χ3v) is 6.26. The van der Waals surface area contributed by atoms with Crippen LogP contribution in [0.3, 0.4) is 0 Å². The molecule has 8 nitrogen and oxygen atoms in total. The number of nitrogens with zero attached hydrogens (tertiary/aromatic N) is 6. The summed E-state index contributed by atoms with van der Waals surface area (Å²) < 4.78 is 92.7. The van der Waals surface area contributed by atoms with Crippen molar-refractivity contribution in [1.29, 1.82) is 0 Å². The van der Waals surface area contributed by atoms with E-state index < -0.39 is 23.5 Å². The summed E-state index contributed by atoms with van der Waals surface area (Å²) in [6.45, 7) is 5.00. The Morgan fingerprint density at radius 2 is 1.09 bits per heavy atom. The highest BCUT2D eigenvalue weighted by atomic mass is 35.5. The van der Waals surface area contributed by atoms with Gasteiger partial charge >= 0.3 is 12.4 Å². The lowest BCUT2D eigenvalue weighted by molar-refractivity contribution is -0.137. The average molecular weight is 692 g/mol. The molecule has 248 valence electrons. The Morgan fingerprint density at radius 1 is 0.696 bits per heavy atom. The Balaban J connectivity index is 0.000000250. The molecule has 0 saturated heterocycles. The van der Waals surface area contributed by atoms with Crippen LogP contribution < -0.4 is 0 Å². The summed E-state index contributed by atoms with van der Waals surface area (Å²) in [7, 11) is 0. The molecular formula is C30H30Cl2F6N6O2. The Bertz CT molecular complexity index is 1460. The van der Waals surface area contributed by atoms with E-state index in [1.807, 2.05) is 13.8 Å². The van der Waals surface area contributed by atoms with Crippen LogP contribution in [0.1, 0.15) is 37.8 Å². The number of aliphatic imine (C=N–C) groups is 2. The van der Waals surface area contributed by atoms with Gasteiger partial charge in [-0.1, -0.05) is 37.0 Å². The zero-order chi connectivity index (χ0) is 33.7. The number of rotatable bonds is 10. The standard InChI is InChI=1S/2C15H15ClF3N3O/c2*1-2-7-23-9-14(22-6-5-20-10-22)21-13-4-3-11(16)8-12(13)15(17,18)19/h2*3-6,8,10H,2,7,9H2,1H3/b21-14+;21-14-. The molecule has 0 bridgehead atoms. The molecule has 0 unspecified atom stereocenters. The van der Waals surface area contributed by atoms with E-state index >= 15 is 0 Å². The first-order valence-electron chi connectivity index (χ1n) is 13.8. The Labute approximate surface area is 271 Å². The number of hydrogen-bond donors (Lipinski definition) is 0. The molecule has 0 aliphatic carbocycles. The minimum Gasteiger partial charge on any atom is -0.374 e. The van der Waals surface area contributed by atoms with Gasteiger partial charge in [-0.25, -0.2) is 20.0 Å². The van der Waals surface area contributed by atoms with Crippen LogP contribution in [0, 0.1) is 0 Å². The predicted molar refractivity (Wildman–Crippen MR) is 165 cm³/mol. The molecule has 0 saturated carbocycles. The highest BCUT2D eigenvalue weighted by molar-refractivity contribution is 6.31. The maximum absolute atomic E-state index is 13.1. The number of ether oxygens (including phenoxy) is 2. The summed E-state index contributed by atoms with van der Waals surface area (Å²) in [6, 6.07) is 6.93. The Hall–Kier alpha value is -3.72. The number of alkyl halides is 6. The van der Waals surface area contributed by atoms with Crippen molar-refractivity contribution in [2.45, 2.75) is 39.0 Å². The third-order valence-electron chi connectivity index (χ3n) is 5.79. The molecule has 0 aliphatic heterocycles. The van der Waals surface area contributed by atoms with Gasteiger partial charge in [0.25, 0.3) is 0 Å². The summed E-state index contributed by atoms with van der Waals surface area (Å²) >= 11 is 11.3. The van der Waals surface area contributed by atoms with Crippen LogP contribution in [0.5, 0.6) is 0 Å². The predicted octanol–water partition coefficient (Wildman–Crippen LogP) is 9.12. The van der Waals surface area contributed by atoms with Gasteiger partial charge in [-0.2, -0.15) is 26.3 Å². The van der Waals surface area contributed by atoms with Crippen molar-refractivity contribution in [2.75, 3.05) is 26.4 Å². The first-order valence-corrected chi connectivity index (χ1v) is 14.6. The second-order valence-corrected chi connectivity index (χ2v) is 10.3. The second kappa shape index (κ2) is 17.3. The lowest BCUT2D eigenvalue weighted by atomic mass is 10.1. The first-order chi connectivity index (χ1) is 21.8. The highest BCUT2D eigenvalue weighted by Crippen LogP contribution is 2.39. The number of benzene rings is 2. The minimum absolute atomic E-state index is 0.00249. The van der Waals surface area contributed by atoms with Gasteiger partial charge in [0.1, 0.15) is 37.5 Å². The van der Waals surface area contributed by atoms with E-state index in [1.54, 1.807) is 12.4 Å². The van der Waals surface area contributed by atoms with Crippen molar-refractivity contribution in [3.63, 3.8) is 0 Å². The van der Waals surface area contributed by atoms with Crippen LogP contribution >= 0.6 is 23.2 Å². The molecule has 2 heterocycles. The number of hydrogen-bond acceptors (Lipinski definition) is 6. The summed E-state index contributed by atoms with van der Waals surface area (Å²) in [5, 5.41) is 0.00498. The van der Waals surface area contributed by atoms with Crippen molar-refractivity contribution in [3.8, 4) is 0 Å². The second-order valence-electron chi connectivity index (χ2n) is 9.42. The van der Waals surface area contributed by atoms with Crippen molar-refractivity contribution in [1.82, 2.24) is 19.1 Å². The number of imidazole rings is 2. The Morgan fingerprint density at radius 3 is 1.39 bits per heavy atom. The fourth-order valence-electron chi connectivity index (χ4n) is 3.71. The molecule has 0 radical (unpaired) electrons. The van der Waals surface area contributed by atoms with Gasteiger partial charge in [-0.05, 0) is 49.2 Å². The Kier molecular flexibility index (Phi) is 13.8. The van der Waals surface area contributed by atoms with Crippen LogP contribution in [0.4, 0.5) is 37.7 Å². The minimum atomic E-state index is -4.55. The van der Waals surface area contributed by atoms with Crippen LogP contribution in [0.15, 0.2) is 83.8 Å². The third kappa shape index (κ3) is 11.3. The normalized spacial score (nSPS) is 12.7. The SMILES string of the molecule is CCCOC/C(=N/c1ccc(Cl)cc1C(F)(F)F)n1ccnc1.CCCOC/C(=N\c1ccc(Cl)cc1C(F)(F)F)n1ccnc1. The van der Waals surface area contributed by atoms with Gasteiger partial charge < -0.3 is 9.47 Å². The molecule has 16 heteroatoms. The molecule has 2 aromatic heterocycles. The van der Waals surface area contributed by atoms with Crippen LogP contribution in [-0.4, -0.2) is 57.2 Å². The summed E-state index contributed by atoms with van der Waals surface area (Å²) in [6.07, 6.45) is 1.63. The monoisotopic (exact) mass is 690 g/mol. The molecule has 0 spiro atoms. The van der Waals surface area contributed by atoms with Crippen molar-refractivity contribution in [2.24, 2.45) is 9.98 Å². The maximum Gasteiger partial charge on any atom is 0.418 e. The molecule has 4 rings (SSSR count). The van der Waals surface area contributed by atoms with Crippen LogP contribution in [0.25, 0.3) is 0 Å². The van der Waals surface area contributed by atoms with Crippen molar-refractivity contribution >= 4 is 46.2 Å². The van der Waals surface area contributed by atoms with E-state index in [2.05, 4.69) is 20.0 Å². The summed E-state index contributed by atoms with van der Waals surface area (Å²) in [5.41, 5.74) is -2.22. The molecule has 0 N–H and O–H groups in total. The molecule has 0 atom stereocenters. The van der Waals surface area contributed by atoms with E-state index in [4.69, 9.17) is 32.7 Å². The molecule has 2 aromatic carbocycles. The zero-order valence-electron chi connectivity index (χ0n) is 24.7. The maximum atomic E-state index is 13.1. The molecular weight excluding hydrogens is 661 g/mol. The zero-order valence-corrected chi connectivity index (χ0v) is 26.2. The fraction of sp³-hybridized carbons (Fsp3) is 0.333. The summed E-state index contributed by atoms with van der Waals surface area (Å²) in [4.78, 5) is 16.0. The lowest BCUT2D eigenvalue weighted by Gasteiger charge is -2.13. The first kappa shape index (κ1) is 36.7. The van der Waals surface area contributed by atoms with Gasteiger partial charge in [0, 0.05) is 48.0 Å². The lowest BCUT2D eigenvalue weighted by Crippen LogP contribution is -2.18. The molecule has 0 amide bonds. The molecule has 46 heavy (non-hydrogen) atoms.